The number of nitrogen functional groups attached to an aromatic ring is 1. The summed E-state index contributed by atoms with van der Waals surface area (Å²) in [6, 6.07) is 6.92. The van der Waals surface area contributed by atoms with Gasteiger partial charge in [-0.15, -0.1) is 5.10 Å². The van der Waals surface area contributed by atoms with E-state index in [4.69, 9.17) is 10.5 Å². The zero-order valence-corrected chi connectivity index (χ0v) is 17.7. The van der Waals surface area contributed by atoms with Gasteiger partial charge >= 0.3 is 0 Å². The highest BCUT2D eigenvalue weighted by molar-refractivity contribution is 6.02. The molecule has 0 amide bonds. The van der Waals surface area contributed by atoms with E-state index < -0.39 is 11.6 Å². The lowest BCUT2D eigenvalue weighted by Gasteiger charge is -2.06. The van der Waals surface area contributed by atoms with Gasteiger partial charge in [0.25, 0.3) is 0 Å². The van der Waals surface area contributed by atoms with Crippen molar-refractivity contribution in [3.05, 3.63) is 72.1 Å². The van der Waals surface area contributed by atoms with E-state index in [0.717, 1.165) is 29.0 Å². The minimum absolute atomic E-state index is 0.0980. The Labute approximate surface area is 186 Å². The number of pyridine rings is 1. The Hall–Kier alpha value is -4.41. The van der Waals surface area contributed by atoms with Crippen molar-refractivity contribution in [1.82, 2.24) is 34.5 Å². The molecule has 5 rings (SSSR count). The van der Waals surface area contributed by atoms with E-state index in [-0.39, 0.29) is 5.69 Å². The van der Waals surface area contributed by atoms with Gasteiger partial charge in [0, 0.05) is 35.2 Å². The molecule has 0 fully saturated rings. The number of methoxy groups -OCH3 is 1. The van der Waals surface area contributed by atoms with Crippen LogP contribution < -0.4 is 10.5 Å². The van der Waals surface area contributed by atoms with Gasteiger partial charge in [0.1, 0.15) is 35.0 Å². The fraction of sp³-hybridized carbons (Fsp3) is 0.136. The second-order valence-electron chi connectivity index (χ2n) is 7.34. The maximum atomic E-state index is 14.2. The molecule has 5 aromatic rings. The molecule has 0 atom stereocenters. The molecule has 0 unspecified atom stereocenters. The van der Waals surface area contributed by atoms with E-state index in [2.05, 4.69) is 25.3 Å². The number of anilines is 1. The summed E-state index contributed by atoms with van der Waals surface area (Å²) in [6.45, 7) is 2.23. The van der Waals surface area contributed by atoms with E-state index >= 15 is 0 Å². The van der Waals surface area contributed by atoms with Gasteiger partial charge in [-0.25, -0.2) is 28.4 Å². The minimum atomic E-state index is -0.733. The highest BCUT2D eigenvalue weighted by Gasteiger charge is 2.21. The molecule has 0 saturated heterocycles. The Morgan fingerprint density at radius 2 is 1.94 bits per heavy atom. The molecule has 166 valence electrons. The van der Waals surface area contributed by atoms with Crippen LogP contribution in [0.3, 0.4) is 0 Å². The van der Waals surface area contributed by atoms with Gasteiger partial charge in [-0.1, -0.05) is 5.21 Å². The van der Waals surface area contributed by atoms with Crippen LogP contribution in [0.2, 0.25) is 0 Å². The second kappa shape index (κ2) is 7.93. The molecule has 0 bridgehead atoms. The Bertz CT molecular complexity index is 1480. The van der Waals surface area contributed by atoms with E-state index in [0.29, 0.717) is 35.0 Å². The van der Waals surface area contributed by atoms with Crippen LogP contribution >= 0.6 is 0 Å². The van der Waals surface area contributed by atoms with Crippen LogP contribution in [0.15, 0.2) is 49.1 Å². The number of fused-ring (bicyclic) bond motifs is 1. The van der Waals surface area contributed by atoms with Crippen molar-refractivity contribution in [2.24, 2.45) is 0 Å². The molecule has 33 heavy (non-hydrogen) atoms. The number of nitrogens with two attached hydrogens (primary N) is 1. The normalized spacial score (nSPS) is 11.3. The van der Waals surface area contributed by atoms with Crippen molar-refractivity contribution >= 4 is 16.9 Å². The van der Waals surface area contributed by atoms with Gasteiger partial charge in [0.15, 0.2) is 5.82 Å². The molecule has 2 N–H and O–H groups in total. The molecule has 4 aromatic heterocycles. The predicted octanol–water partition coefficient (Wildman–Crippen LogP) is 3.30. The quantitative estimate of drug-likeness (QED) is 0.439. The van der Waals surface area contributed by atoms with E-state index in [1.165, 1.54) is 17.1 Å². The first-order valence-electron chi connectivity index (χ1n) is 9.92. The molecule has 0 aliphatic rings. The van der Waals surface area contributed by atoms with Gasteiger partial charge in [-0.3, -0.25) is 0 Å². The third kappa shape index (κ3) is 3.53. The zero-order chi connectivity index (χ0) is 23.1. The molecule has 0 radical (unpaired) electrons. The van der Waals surface area contributed by atoms with Crippen molar-refractivity contribution in [3.8, 4) is 22.7 Å². The van der Waals surface area contributed by atoms with Gasteiger partial charge in [0.05, 0.1) is 25.2 Å². The van der Waals surface area contributed by atoms with Gasteiger partial charge in [0.2, 0.25) is 5.88 Å². The summed E-state index contributed by atoms with van der Waals surface area (Å²) in [5.41, 5.74) is 10.0. The number of hydrogen-bond donors (Lipinski definition) is 1. The second-order valence-corrected chi connectivity index (χ2v) is 7.34. The highest BCUT2D eigenvalue weighted by atomic mass is 19.1. The first-order valence-corrected chi connectivity index (χ1v) is 9.92. The molecular formula is C22H18F2N8O. The summed E-state index contributed by atoms with van der Waals surface area (Å²) in [6.07, 6.45) is 4.68. The number of ether oxygens (including phenoxy) is 1. The number of rotatable bonds is 5. The standard InChI is InChI=1S/C22H18F2N8O/c1-12-19(13-3-6-18(33-2)26-8-13)20-21(25)27-11-28-22(20)31(12)9-15-10-32(30-29-15)17-5-4-14(23)7-16(17)24/h3-8,10-11H,9H2,1-2H3,(H2,25,27,28). The summed E-state index contributed by atoms with van der Waals surface area (Å²) in [5.74, 6) is -0.564. The number of aromatic nitrogens is 7. The lowest BCUT2D eigenvalue weighted by molar-refractivity contribution is 0.398. The topological polar surface area (TPSA) is 110 Å². The average molecular weight is 448 g/mol. The first-order chi connectivity index (χ1) is 16.0. The number of nitrogens with zero attached hydrogens (tertiary/aromatic N) is 7. The molecular weight excluding hydrogens is 430 g/mol. The van der Waals surface area contributed by atoms with Crippen molar-refractivity contribution in [2.75, 3.05) is 12.8 Å². The third-order valence-corrected chi connectivity index (χ3v) is 5.38. The Morgan fingerprint density at radius 3 is 2.67 bits per heavy atom. The summed E-state index contributed by atoms with van der Waals surface area (Å²) in [7, 11) is 1.55. The molecule has 0 aliphatic carbocycles. The molecule has 0 saturated carbocycles. The molecule has 1 aromatic carbocycles. The van der Waals surface area contributed by atoms with Crippen LogP contribution in [0.25, 0.3) is 27.8 Å². The summed E-state index contributed by atoms with van der Waals surface area (Å²) in [5, 5.41) is 8.84. The minimum Gasteiger partial charge on any atom is -0.481 e. The van der Waals surface area contributed by atoms with Crippen LogP contribution in [0, 0.1) is 18.6 Å². The fourth-order valence-electron chi connectivity index (χ4n) is 3.82. The van der Waals surface area contributed by atoms with E-state index in [1.54, 1.807) is 25.6 Å². The maximum absolute atomic E-state index is 14.2. The van der Waals surface area contributed by atoms with E-state index in [1.807, 2.05) is 17.6 Å². The summed E-state index contributed by atoms with van der Waals surface area (Å²) < 4.78 is 35.8. The first kappa shape index (κ1) is 20.5. The van der Waals surface area contributed by atoms with Gasteiger partial charge in [-0.05, 0) is 25.1 Å². The Balaban J connectivity index is 1.59. The summed E-state index contributed by atoms with van der Waals surface area (Å²) in [4.78, 5) is 12.9. The van der Waals surface area contributed by atoms with Gasteiger partial charge < -0.3 is 15.0 Å². The van der Waals surface area contributed by atoms with Crippen LogP contribution in [0.5, 0.6) is 5.88 Å². The smallest absolute Gasteiger partial charge is 0.212 e. The Morgan fingerprint density at radius 1 is 1.09 bits per heavy atom. The largest absolute Gasteiger partial charge is 0.481 e. The molecule has 4 heterocycles. The molecule has 9 nitrogen and oxygen atoms in total. The number of benzene rings is 1. The lowest BCUT2D eigenvalue weighted by atomic mass is 10.1. The maximum Gasteiger partial charge on any atom is 0.212 e. The van der Waals surface area contributed by atoms with Crippen LogP contribution in [-0.2, 0) is 6.54 Å². The summed E-state index contributed by atoms with van der Waals surface area (Å²) >= 11 is 0. The zero-order valence-electron chi connectivity index (χ0n) is 17.7. The SMILES string of the molecule is COc1ccc(-c2c(C)n(Cc3cn(-c4ccc(F)cc4F)nn3)c3ncnc(N)c23)cn1. The van der Waals surface area contributed by atoms with Gasteiger partial charge in [-0.2, -0.15) is 0 Å². The number of halogens is 2. The fourth-order valence-corrected chi connectivity index (χ4v) is 3.82. The van der Waals surface area contributed by atoms with Crippen molar-refractivity contribution in [3.63, 3.8) is 0 Å². The van der Waals surface area contributed by atoms with Crippen molar-refractivity contribution in [2.45, 2.75) is 13.5 Å². The van der Waals surface area contributed by atoms with Crippen LogP contribution in [0.1, 0.15) is 11.4 Å². The van der Waals surface area contributed by atoms with E-state index in [9.17, 15) is 8.78 Å². The average Bonchev–Trinajstić information content (AvgIpc) is 3.38. The Kier molecular flexibility index (Phi) is 4.93. The van der Waals surface area contributed by atoms with Crippen LogP contribution in [0.4, 0.5) is 14.6 Å². The monoisotopic (exact) mass is 448 g/mol. The predicted molar refractivity (Wildman–Crippen MR) is 117 cm³/mol. The molecule has 11 heteroatoms. The molecule has 0 spiro atoms. The highest BCUT2D eigenvalue weighted by Crippen LogP contribution is 2.36. The number of hydrogen-bond acceptors (Lipinski definition) is 7. The van der Waals surface area contributed by atoms with Crippen molar-refractivity contribution in [1.29, 1.82) is 0 Å². The third-order valence-electron chi connectivity index (χ3n) is 5.38. The molecule has 0 aliphatic heterocycles. The lowest BCUT2D eigenvalue weighted by Crippen LogP contribution is -2.04. The van der Waals surface area contributed by atoms with Crippen molar-refractivity contribution < 1.29 is 13.5 Å². The van der Waals surface area contributed by atoms with Crippen LogP contribution in [-0.4, -0.2) is 41.6 Å².